The molecule has 1 aromatic heterocycles. The maximum absolute atomic E-state index is 10.7. The van der Waals surface area contributed by atoms with Crippen molar-refractivity contribution < 1.29 is 14.3 Å². The van der Waals surface area contributed by atoms with Gasteiger partial charge in [-0.2, -0.15) is 4.98 Å². The second kappa shape index (κ2) is 4.04. The highest BCUT2D eigenvalue weighted by Crippen LogP contribution is 2.12. The predicted octanol–water partition coefficient (Wildman–Crippen LogP) is 1.58. The molecule has 0 bridgehead atoms. The van der Waals surface area contributed by atoms with Crippen LogP contribution in [0.3, 0.4) is 0 Å². The SMILES string of the molecule is COC(=O)Oc1cc(C)nc(Cl)n1. The zero-order valence-electron chi connectivity index (χ0n) is 7.07. The van der Waals surface area contributed by atoms with Gasteiger partial charge in [0.05, 0.1) is 7.11 Å². The van der Waals surface area contributed by atoms with Crippen molar-refractivity contribution in [3.8, 4) is 5.88 Å². The molecule has 0 unspecified atom stereocenters. The number of nitrogens with zero attached hydrogens (tertiary/aromatic N) is 2. The Kier molecular flexibility index (Phi) is 3.02. The first kappa shape index (κ1) is 9.73. The first-order valence-electron chi connectivity index (χ1n) is 3.39. The zero-order chi connectivity index (χ0) is 9.84. The van der Waals surface area contributed by atoms with Crippen molar-refractivity contribution in [3.05, 3.63) is 17.0 Å². The van der Waals surface area contributed by atoms with Gasteiger partial charge in [0.1, 0.15) is 0 Å². The van der Waals surface area contributed by atoms with Crippen molar-refractivity contribution in [1.29, 1.82) is 0 Å². The van der Waals surface area contributed by atoms with Crippen molar-refractivity contribution in [3.63, 3.8) is 0 Å². The van der Waals surface area contributed by atoms with Gasteiger partial charge < -0.3 is 9.47 Å². The van der Waals surface area contributed by atoms with Crippen LogP contribution in [0, 0.1) is 6.92 Å². The molecule has 1 aromatic rings. The van der Waals surface area contributed by atoms with E-state index in [9.17, 15) is 4.79 Å². The van der Waals surface area contributed by atoms with E-state index in [-0.39, 0.29) is 11.2 Å². The Morgan fingerprint density at radius 3 is 2.77 bits per heavy atom. The average molecular weight is 203 g/mol. The monoisotopic (exact) mass is 202 g/mol. The average Bonchev–Trinajstić information content (AvgIpc) is 2.02. The zero-order valence-corrected chi connectivity index (χ0v) is 7.83. The summed E-state index contributed by atoms with van der Waals surface area (Å²) < 4.78 is 8.90. The number of aryl methyl sites for hydroxylation is 1. The summed E-state index contributed by atoms with van der Waals surface area (Å²) in [6, 6.07) is 1.48. The van der Waals surface area contributed by atoms with Gasteiger partial charge in [-0.25, -0.2) is 9.78 Å². The summed E-state index contributed by atoms with van der Waals surface area (Å²) in [6.07, 6.45) is -0.839. The molecule has 6 heteroatoms. The van der Waals surface area contributed by atoms with Gasteiger partial charge in [-0.3, -0.25) is 0 Å². The van der Waals surface area contributed by atoms with Crippen LogP contribution in [-0.2, 0) is 4.74 Å². The molecule has 0 saturated heterocycles. The van der Waals surface area contributed by atoms with Crippen molar-refractivity contribution >= 4 is 17.8 Å². The van der Waals surface area contributed by atoms with E-state index in [0.717, 1.165) is 0 Å². The topological polar surface area (TPSA) is 61.3 Å². The molecule has 0 aliphatic rings. The number of ether oxygens (including phenoxy) is 2. The van der Waals surface area contributed by atoms with Gasteiger partial charge in [0.2, 0.25) is 11.2 Å². The molecule has 5 nitrogen and oxygen atoms in total. The molecule has 13 heavy (non-hydrogen) atoms. The number of methoxy groups -OCH3 is 1. The third-order valence-corrected chi connectivity index (χ3v) is 1.33. The number of carbonyl (C=O) groups is 1. The largest absolute Gasteiger partial charge is 0.514 e. The molecule has 1 rings (SSSR count). The van der Waals surface area contributed by atoms with Crippen LogP contribution in [0.2, 0.25) is 5.28 Å². The van der Waals surface area contributed by atoms with Gasteiger partial charge in [-0.05, 0) is 18.5 Å². The first-order valence-corrected chi connectivity index (χ1v) is 3.76. The van der Waals surface area contributed by atoms with Crippen LogP contribution in [0.4, 0.5) is 4.79 Å². The Bertz CT molecular complexity index is 309. The third-order valence-electron chi connectivity index (χ3n) is 1.16. The highest BCUT2D eigenvalue weighted by Gasteiger charge is 2.06. The minimum absolute atomic E-state index is 0.0268. The van der Waals surface area contributed by atoms with Gasteiger partial charge >= 0.3 is 6.16 Å². The van der Waals surface area contributed by atoms with E-state index in [1.165, 1.54) is 13.2 Å². The summed E-state index contributed by atoms with van der Waals surface area (Å²) in [6.45, 7) is 1.71. The second-order valence-corrected chi connectivity index (χ2v) is 2.51. The summed E-state index contributed by atoms with van der Waals surface area (Å²) >= 11 is 5.52. The van der Waals surface area contributed by atoms with Gasteiger partial charge in [0.25, 0.3) is 0 Å². The molecule has 1 heterocycles. The normalized spacial score (nSPS) is 9.46. The van der Waals surface area contributed by atoms with Crippen LogP contribution in [0.5, 0.6) is 5.88 Å². The number of hydrogen-bond acceptors (Lipinski definition) is 5. The highest BCUT2D eigenvalue weighted by atomic mass is 35.5. The fourth-order valence-electron chi connectivity index (χ4n) is 0.684. The van der Waals surface area contributed by atoms with Crippen molar-refractivity contribution in [1.82, 2.24) is 9.97 Å². The van der Waals surface area contributed by atoms with E-state index < -0.39 is 6.16 Å². The minimum atomic E-state index is -0.839. The van der Waals surface area contributed by atoms with Crippen LogP contribution < -0.4 is 4.74 Å². The quantitative estimate of drug-likeness (QED) is 0.511. The number of aromatic nitrogens is 2. The van der Waals surface area contributed by atoms with E-state index in [4.69, 9.17) is 11.6 Å². The lowest BCUT2D eigenvalue weighted by atomic mass is 10.4. The summed E-state index contributed by atoms with van der Waals surface area (Å²) in [5.41, 5.74) is 0.610. The maximum Gasteiger partial charge on any atom is 0.514 e. The lowest BCUT2D eigenvalue weighted by Crippen LogP contribution is -2.08. The molecule has 0 atom stereocenters. The molecule has 0 aromatic carbocycles. The van der Waals surface area contributed by atoms with Crippen LogP contribution in [0.25, 0.3) is 0 Å². The highest BCUT2D eigenvalue weighted by molar-refractivity contribution is 6.28. The fraction of sp³-hybridized carbons (Fsp3) is 0.286. The smallest absolute Gasteiger partial charge is 0.437 e. The van der Waals surface area contributed by atoms with Gasteiger partial charge in [0.15, 0.2) is 0 Å². The Balaban J connectivity index is 2.83. The molecule has 0 aliphatic heterocycles. The molecule has 0 fully saturated rings. The molecular weight excluding hydrogens is 196 g/mol. The van der Waals surface area contributed by atoms with Gasteiger partial charge in [-0.15, -0.1) is 0 Å². The summed E-state index contributed by atoms with van der Waals surface area (Å²) in [5.74, 6) is 0.0735. The summed E-state index contributed by atoms with van der Waals surface area (Å²) in [4.78, 5) is 18.1. The van der Waals surface area contributed by atoms with Crippen molar-refractivity contribution in [2.75, 3.05) is 7.11 Å². The second-order valence-electron chi connectivity index (χ2n) is 2.17. The van der Waals surface area contributed by atoms with Crippen LogP contribution in [0.1, 0.15) is 5.69 Å². The van der Waals surface area contributed by atoms with Crippen LogP contribution in [-0.4, -0.2) is 23.2 Å². The van der Waals surface area contributed by atoms with Crippen LogP contribution in [0.15, 0.2) is 6.07 Å². The predicted molar refractivity (Wildman–Crippen MR) is 44.8 cm³/mol. The Morgan fingerprint density at radius 1 is 1.54 bits per heavy atom. The first-order chi connectivity index (χ1) is 6.11. The standard InChI is InChI=1S/C7H7ClN2O3/c1-4-3-5(10-6(8)9-4)13-7(11)12-2/h3H,1-2H3. The summed E-state index contributed by atoms with van der Waals surface area (Å²) in [5, 5.41) is 0.0268. The molecule has 70 valence electrons. The number of carbonyl (C=O) groups excluding carboxylic acids is 1. The summed E-state index contributed by atoms with van der Waals surface area (Å²) in [7, 11) is 1.21. The third kappa shape index (κ3) is 2.87. The molecule has 0 saturated carbocycles. The van der Waals surface area contributed by atoms with E-state index in [0.29, 0.717) is 5.69 Å². The number of halogens is 1. The minimum Gasteiger partial charge on any atom is -0.437 e. The molecule has 0 radical (unpaired) electrons. The van der Waals surface area contributed by atoms with Gasteiger partial charge in [0, 0.05) is 11.8 Å². The van der Waals surface area contributed by atoms with Crippen molar-refractivity contribution in [2.45, 2.75) is 6.92 Å². The number of hydrogen-bond donors (Lipinski definition) is 0. The molecular formula is C7H7ClN2O3. The fourth-order valence-corrected chi connectivity index (χ4v) is 0.901. The van der Waals surface area contributed by atoms with E-state index in [1.54, 1.807) is 6.92 Å². The van der Waals surface area contributed by atoms with Gasteiger partial charge in [-0.1, -0.05) is 0 Å². The van der Waals surface area contributed by atoms with Crippen molar-refractivity contribution in [2.24, 2.45) is 0 Å². The maximum atomic E-state index is 10.7. The molecule has 0 N–H and O–H groups in total. The lowest BCUT2D eigenvalue weighted by molar-refractivity contribution is 0.119. The Labute approximate surface area is 79.7 Å². The molecule has 0 aliphatic carbocycles. The molecule has 0 spiro atoms. The number of rotatable bonds is 1. The van der Waals surface area contributed by atoms with E-state index in [1.807, 2.05) is 0 Å². The molecule has 0 amide bonds. The van der Waals surface area contributed by atoms with E-state index >= 15 is 0 Å². The lowest BCUT2D eigenvalue weighted by Gasteiger charge is -2.01. The Hall–Kier alpha value is -1.36. The van der Waals surface area contributed by atoms with E-state index in [2.05, 4.69) is 19.4 Å². The Morgan fingerprint density at radius 2 is 2.23 bits per heavy atom. The van der Waals surface area contributed by atoms with Crippen LogP contribution >= 0.6 is 11.6 Å².